The van der Waals surface area contributed by atoms with E-state index < -0.39 is 0 Å². The summed E-state index contributed by atoms with van der Waals surface area (Å²) in [4.78, 5) is 16.8. The molecule has 2 N–H and O–H groups in total. The highest BCUT2D eigenvalue weighted by molar-refractivity contribution is 5.80. The zero-order valence-electron chi connectivity index (χ0n) is 13.7. The van der Waals surface area contributed by atoms with Crippen LogP contribution in [0.3, 0.4) is 0 Å². The van der Waals surface area contributed by atoms with Crippen molar-refractivity contribution in [1.29, 1.82) is 0 Å². The lowest BCUT2D eigenvalue weighted by Gasteiger charge is -2.29. The van der Waals surface area contributed by atoms with Gasteiger partial charge in [0.1, 0.15) is 5.82 Å². The quantitative estimate of drug-likeness (QED) is 0.750. The number of aromatic nitrogens is 2. The van der Waals surface area contributed by atoms with Crippen molar-refractivity contribution in [3.8, 4) is 0 Å². The van der Waals surface area contributed by atoms with Crippen LogP contribution in [0.1, 0.15) is 11.6 Å². The SMILES string of the molecule is O=C(NC(Cn1cnc2ccccc21)c1ccc(F)cc1)C1CNC1. The van der Waals surface area contributed by atoms with Crippen molar-refractivity contribution in [2.75, 3.05) is 13.1 Å². The van der Waals surface area contributed by atoms with Gasteiger partial charge in [-0.1, -0.05) is 24.3 Å². The number of rotatable bonds is 5. The summed E-state index contributed by atoms with van der Waals surface area (Å²) in [6.45, 7) is 1.95. The molecule has 1 aromatic heterocycles. The van der Waals surface area contributed by atoms with Gasteiger partial charge in [0.25, 0.3) is 0 Å². The van der Waals surface area contributed by atoms with Crippen LogP contribution >= 0.6 is 0 Å². The Kier molecular flexibility index (Phi) is 4.19. The van der Waals surface area contributed by atoms with Crippen molar-refractivity contribution in [2.45, 2.75) is 12.6 Å². The van der Waals surface area contributed by atoms with Crippen LogP contribution in [0.5, 0.6) is 0 Å². The van der Waals surface area contributed by atoms with Crippen LogP contribution < -0.4 is 10.6 Å². The van der Waals surface area contributed by atoms with E-state index in [9.17, 15) is 9.18 Å². The highest BCUT2D eigenvalue weighted by atomic mass is 19.1. The van der Waals surface area contributed by atoms with Gasteiger partial charge in [-0.3, -0.25) is 4.79 Å². The summed E-state index contributed by atoms with van der Waals surface area (Å²) in [5, 5.41) is 6.21. The van der Waals surface area contributed by atoms with Gasteiger partial charge < -0.3 is 15.2 Å². The first-order chi connectivity index (χ1) is 12.2. The lowest BCUT2D eigenvalue weighted by Crippen LogP contribution is -2.51. The first kappa shape index (κ1) is 15.8. The number of hydrogen-bond donors (Lipinski definition) is 2. The van der Waals surface area contributed by atoms with E-state index in [0.29, 0.717) is 19.6 Å². The van der Waals surface area contributed by atoms with Gasteiger partial charge in [-0.05, 0) is 29.8 Å². The van der Waals surface area contributed by atoms with E-state index in [4.69, 9.17) is 0 Å². The highest BCUT2D eigenvalue weighted by Gasteiger charge is 2.27. The summed E-state index contributed by atoms with van der Waals surface area (Å²) in [5.74, 6) is -0.259. The molecular weight excluding hydrogens is 319 g/mol. The number of carbonyl (C=O) groups is 1. The van der Waals surface area contributed by atoms with Gasteiger partial charge in [0, 0.05) is 19.6 Å². The Balaban J connectivity index is 1.62. The number of amides is 1. The molecule has 0 spiro atoms. The summed E-state index contributed by atoms with van der Waals surface area (Å²) < 4.78 is 15.3. The number of nitrogens with one attached hydrogen (secondary N) is 2. The molecule has 0 bridgehead atoms. The monoisotopic (exact) mass is 338 g/mol. The van der Waals surface area contributed by atoms with E-state index in [1.165, 1.54) is 12.1 Å². The summed E-state index contributed by atoms with van der Waals surface area (Å²) in [7, 11) is 0. The van der Waals surface area contributed by atoms with Crippen molar-refractivity contribution in [2.24, 2.45) is 5.92 Å². The molecule has 1 fully saturated rings. The molecule has 2 heterocycles. The fourth-order valence-corrected chi connectivity index (χ4v) is 3.05. The van der Waals surface area contributed by atoms with Gasteiger partial charge in [0.05, 0.1) is 29.3 Å². The molecule has 6 heteroatoms. The Bertz CT molecular complexity index is 886. The predicted octanol–water partition coefficient (Wildman–Crippen LogP) is 2.25. The molecule has 3 aromatic rings. The molecule has 1 unspecified atom stereocenters. The van der Waals surface area contributed by atoms with Crippen molar-refractivity contribution in [3.63, 3.8) is 0 Å². The maximum Gasteiger partial charge on any atom is 0.226 e. The van der Waals surface area contributed by atoms with E-state index in [1.807, 2.05) is 28.8 Å². The minimum Gasteiger partial charge on any atom is -0.347 e. The fraction of sp³-hybridized carbons (Fsp3) is 0.263. The number of para-hydroxylation sites is 2. The minimum atomic E-state index is -0.287. The molecule has 1 aliphatic rings. The molecule has 4 rings (SSSR count). The first-order valence-corrected chi connectivity index (χ1v) is 8.37. The van der Waals surface area contributed by atoms with E-state index in [-0.39, 0.29) is 23.7 Å². The zero-order chi connectivity index (χ0) is 17.2. The van der Waals surface area contributed by atoms with E-state index in [0.717, 1.165) is 16.6 Å². The van der Waals surface area contributed by atoms with Crippen molar-refractivity contribution < 1.29 is 9.18 Å². The molecule has 1 atom stereocenters. The second kappa shape index (κ2) is 6.64. The Labute approximate surface area is 144 Å². The number of fused-ring (bicyclic) bond motifs is 1. The number of nitrogens with zero attached hydrogens (tertiary/aromatic N) is 2. The Morgan fingerprint density at radius 3 is 2.72 bits per heavy atom. The van der Waals surface area contributed by atoms with E-state index in [2.05, 4.69) is 15.6 Å². The first-order valence-electron chi connectivity index (χ1n) is 8.37. The topological polar surface area (TPSA) is 59.0 Å². The molecule has 1 saturated heterocycles. The summed E-state index contributed by atoms with van der Waals surface area (Å²) in [6.07, 6.45) is 1.78. The van der Waals surface area contributed by atoms with Crippen LogP contribution in [0.4, 0.5) is 4.39 Å². The number of hydrogen-bond acceptors (Lipinski definition) is 3. The normalized spacial score (nSPS) is 15.7. The molecule has 0 saturated carbocycles. The van der Waals surface area contributed by atoms with Gasteiger partial charge >= 0.3 is 0 Å². The standard InChI is InChI=1S/C19H19FN4O/c20-15-7-5-13(6-8-15)17(23-19(25)14-9-21-10-14)11-24-12-22-16-3-1-2-4-18(16)24/h1-8,12,14,17,21H,9-11H2,(H,23,25). The van der Waals surface area contributed by atoms with E-state index >= 15 is 0 Å². The van der Waals surface area contributed by atoms with Crippen LogP contribution in [-0.4, -0.2) is 28.5 Å². The molecule has 128 valence electrons. The Morgan fingerprint density at radius 1 is 1.24 bits per heavy atom. The van der Waals surface area contributed by atoms with Crippen LogP contribution in [0.25, 0.3) is 11.0 Å². The number of imidazole rings is 1. The van der Waals surface area contributed by atoms with Gasteiger partial charge in [-0.25, -0.2) is 9.37 Å². The second-order valence-corrected chi connectivity index (χ2v) is 6.35. The third-order valence-corrected chi connectivity index (χ3v) is 4.65. The molecule has 0 radical (unpaired) electrons. The second-order valence-electron chi connectivity index (χ2n) is 6.35. The van der Waals surface area contributed by atoms with Crippen LogP contribution in [0.2, 0.25) is 0 Å². The maximum absolute atomic E-state index is 13.3. The number of carbonyl (C=O) groups excluding carboxylic acids is 1. The number of benzene rings is 2. The average Bonchev–Trinajstić information content (AvgIpc) is 2.97. The third kappa shape index (κ3) is 3.25. The van der Waals surface area contributed by atoms with Gasteiger partial charge in [-0.2, -0.15) is 0 Å². The molecule has 1 amide bonds. The summed E-state index contributed by atoms with van der Waals surface area (Å²) in [6, 6.07) is 13.9. The van der Waals surface area contributed by atoms with E-state index in [1.54, 1.807) is 18.5 Å². The zero-order valence-corrected chi connectivity index (χ0v) is 13.7. The number of halogens is 1. The van der Waals surface area contributed by atoms with Crippen LogP contribution in [0.15, 0.2) is 54.9 Å². The molecule has 0 aliphatic carbocycles. The van der Waals surface area contributed by atoms with Crippen LogP contribution in [-0.2, 0) is 11.3 Å². The molecule has 1 aliphatic heterocycles. The summed E-state index contributed by atoms with van der Waals surface area (Å²) >= 11 is 0. The maximum atomic E-state index is 13.3. The lowest BCUT2D eigenvalue weighted by atomic mass is 10.0. The average molecular weight is 338 g/mol. The van der Waals surface area contributed by atoms with Crippen molar-refractivity contribution >= 4 is 16.9 Å². The lowest BCUT2D eigenvalue weighted by molar-refractivity contribution is -0.127. The van der Waals surface area contributed by atoms with Crippen LogP contribution in [0, 0.1) is 11.7 Å². The minimum absolute atomic E-state index is 0.00230. The molecule has 5 nitrogen and oxygen atoms in total. The molecule has 2 aromatic carbocycles. The highest BCUT2D eigenvalue weighted by Crippen LogP contribution is 2.20. The molecular formula is C19H19FN4O. The van der Waals surface area contributed by atoms with Crippen molar-refractivity contribution in [1.82, 2.24) is 20.2 Å². The molecule has 25 heavy (non-hydrogen) atoms. The van der Waals surface area contributed by atoms with Gasteiger partial charge in [0.2, 0.25) is 5.91 Å². The predicted molar refractivity (Wildman–Crippen MR) is 93.4 cm³/mol. The largest absolute Gasteiger partial charge is 0.347 e. The Morgan fingerprint density at radius 2 is 2.00 bits per heavy atom. The fourth-order valence-electron chi connectivity index (χ4n) is 3.05. The third-order valence-electron chi connectivity index (χ3n) is 4.65. The Hall–Kier alpha value is -2.73. The van der Waals surface area contributed by atoms with Crippen molar-refractivity contribution in [3.05, 3.63) is 66.2 Å². The smallest absolute Gasteiger partial charge is 0.226 e. The van der Waals surface area contributed by atoms with Gasteiger partial charge in [-0.15, -0.1) is 0 Å². The van der Waals surface area contributed by atoms with Gasteiger partial charge in [0.15, 0.2) is 0 Å². The summed E-state index contributed by atoms with van der Waals surface area (Å²) in [5.41, 5.74) is 2.80.